The lowest BCUT2D eigenvalue weighted by Gasteiger charge is -2.09. The maximum Gasteiger partial charge on any atom is 0.126 e. The number of aliphatic hydroxyl groups is 1. The molecule has 1 aromatic rings. The van der Waals surface area contributed by atoms with E-state index in [0.29, 0.717) is 0 Å². The Morgan fingerprint density at radius 2 is 2.14 bits per heavy atom. The van der Waals surface area contributed by atoms with Crippen molar-refractivity contribution in [2.45, 2.75) is 13.3 Å². The molecule has 0 spiro atoms. The van der Waals surface area contributed by atoms with Crippen molar-refractivity contribution in [1.29, 1.82) is 0 Å². The minimum atomic E-state index is 0.0707. The molecule has 0 unspecified atom stereocenters. The SMILES string of the molecule is CC/C(=C/CO)c1ccccc1OC. The van der Waals surface area contributed by atoms with Crippen LogP contribution in [0.5, 0.6) is 5.75 Å². The number of benzene rings is 1. The highest BCUT2D eigenvalue weighted by atomic mass is 16.5. The van der Waals surface area contributed by atoms with Gasteiger partial charge in [-0.15, -0.1) is 0 Å². The molecule has 0 radical (unpaired) electrons. The van der Waals surface area contributed by atoms with E-state index < -0.39 is 0 Å². The molecule has 0 aliphatic heterocycles. The van der Waals surface area contributed by atoms with Crippen molar-refractivity contribution in [3.63, 3.8) is 0 Å². The molecular formula is C12H16O2. The fourth-order valence-corrected chi connectivity index (χ4v) is 1.46. The summed E-state index contributed by atoms with van der Waals surface area (Å²) in [5.74, 6) is 0.856. The van der Waals surface area contributed by atoms with Crippen molar-refractivity contribution in [3.05, 3.63) is 35.9 Å². The Hall–Kier alpha value is -1.28. The zero-order valence-electron chi connectivity index (χ0n) is 8.66. The zero-order valence-corrected chi connectivity index (χ0v) is 8.66. The Morgan fingerprint density at radius 3 is 2.71 bits per heavy atom. The molecule has 0 saturated carbocycles. The lowest BCUT2D eigenvalue weighted by Crippen LogP contribution is -1.91. The molecule has 1 N–H and O–H groups in total. The number of para-hydroxylation sites is 1. The van der Waals surface area contributed by atoms with Gasteiger partial charge in [0.05, 0.1) is 13.7 Å². The van der Waals surface area contributed by atoms with Crippen molar-refractivity contribution in [2.24, 2.45) is 0 Å². The summed E-state index contributed by atoms with van der Waals surface area (Å²) >= 11 is 0. The monoisotopic (exact) mass is 192 g/mol. The first kappa shape index (κ1) is 10.8. The maximum atomic E-state index is 8.88. The van der Waals surface area contributed by atoms with Gasteiger partial charge in [-0.2, -0.15) is 0 Å². The normalized spacial score (nSPS) is 11.5. The van der Waals surface area contributed by atoms with Crippen molar-refractivity contribution in [1.82, 2.24) is 0 Å². The van der Waals surface area contributed by atoms with Crippen LogP contribution < -0.4 is 4.74 Å². The van der Waals surface area contributed by atoms with Crippen molar-refractivity contribution < 1.29 is 9.84 Å². The summed E-state index contributed by atoms with van der Waals surface area (Å²) in [6.07, 6.45) is 2.71. The molecule has 0 aliphatic carbocycles. The molecule has 1 rings (SSSR count). The van der Waals surface area contributed by atoms with Crippen molar-refractivity contribution in [2.75, 3.05) is 13.7 Å². The van der Waals surface area contributed by atoms with E-state index in [9.17, 15) is 0 Å². The number of methoxy groups -OCH3 is 1. The molecule has 0 aliphatic rings. The van der Waals surface area contributed by atoms with Gasteiger partial charge in [0.15, 0.2) is 0 Å². The molecule has 76 valence electrons. The molecule has 0 bridgehead atoms. The Kier molecular flexibility index (Phi) is 4.20. The Bertz CT molecular complexity index is 316. The van der Waals surface area contributed by atoms with Gasteiger partial charge in [0.2, 0.25) is 0 Å². The van der Waals surface area contributed by atoms with Crippen LogP contribution in [0.15, 0.2) is 30.3 Å². The van der Waals surface area contributed by atoms with Crippen LogP contribution in [-0.2, 0) is 0 Å². The summed E-state index contributed by atoms with van der Waals surface area (Å²) in [5, 5.41) is 8.88. The number of ether oxygens (including phenoxy) is 1. The molecule has 1 aromatic carbocycles. The first-order valence-corrected chi connectivity index (χ1v) is 4.76. The van der Waals surface area contributed by atoms with Gasteiger partial charge >= 0.3 is 0 Å². The highest BCUT2D eigenvalue weighted by molar-refractivity contribution is 5.70. The summed E-state index contributed by atoms with van der Waals surface area (Å²) in [7, 11) is 1.66. The topological polar surface area (TPSA) is 29.5 Å². The second-order valence-corrected chi connectivity index (χ2v) is 2.97. The van der Waals surface area contributed by atoms with Crippen LogP contribution in [-0.4, -0.2) is 18.8 Å². The summed E-state index contributed by atoms with van der Waals surface area (Å²) in [6, 6.07) is 7.84. The smallest absolute Gasteiger partial charge is 0.126 e. The summed E-state index contributed by atoms with van der Waals surface area (Å²) < 4.78 is 5.25. The molecule has 0 saturated heterocycles. The predicted octanol–water partition coefficient (Wildman–Crippen LogP) is 2.48. The Labute approximate surface area is 84.8 Å². The number of allylic oxidation sites excluding steroid dienone is 1. The van der Waals surface area contributed by atoms with Gasteiger partial charge in [0, 0.05) is 5.56 Å². The average molecular weight is 192 g/mol. The molecule has 0 heterocycles. The van der Waals surface area contributed by atoms with Gasteiger partial charge in [-0.3, -0.25) is 0 Å². The van der Waals surface area contributed by atoms with Gasteiger partial charge in [0.25, 0.3) is 0 Å². The highest BCUT2D eigenvalue weighted by Gasteiger charge is 2.04. The van der Waals surface area contributed by atoms with Gasteiger partial charge in [0.1, 0.15) is 5.75 Å². The predicted molar refractivity (Wildman–Crippen MR) is 58.3 cm³/mol. The molecular weight excluding hydrogens is 176 g/mol. The molecule has 0 atom stereocenters. The van der Waals surface area contributed by atoms with Gasteiger partial charge in [-0.05, 0) is 18.1 Å². The number of hydrogen-bond donors (Lipinski definition) is 1. The van der Waals surface area contributed by atoms with E-state index in [1.54, 1.807) is 7.11 Å². The van der Waals surface area contributed by atoms with Crippen molar-refractivity contribution in [3.8, 4) is 5.75 Å². The highest BCUT2D eigenvalue weighted by Crippen LogP contribution is 2.27. The minimum absolute atomic E-state index is 0.0707. The second-order valence-electron chi connectivity index (χ2n) is 2.97. The first-order valence-electron chi connectivity index (χ1n) is 4.76. The summed E-state index contributed by atoms with van der Waals surface area (Å²) in [4.78, 5) is 0. The Morgan fingerprint density at radius 1 is 1.43 bits per heavy atom. The van der Waals surface area contributed by atoms with Crippen LogP contribution in [0, 0.1) is 0 Å². The molecule has 0 amide bonds. The van der Waals surface area contributed by atoms with E-state index >= 15 is 0 Å². The Balaban J connectivity index is 3.09. The van der Waals surface area contributed by atoms with E-state index in [4.69, 9.17) is 9.84 Å². The molecule has 2 heteroatoms. The molecule has 14 heavy (non-hydrogen) atoms. The molecule has 0 aromatic heterocycles. The van der Waals surface area contributed by atoms with Crippen LogP contribution in [0.3, 0.4) is 0 Å². The van der Waals surface area contributed by atoms with Crippen LogP contribution in [0.4, 0.5) is 0 Å². The third kappa shape index (κ3) is 2.36. The van der Waals surface area contributed by atoms with Crippen molar-refractivity contribution >= 4 is 5.57 Å². The number of aliphatic hydroxyl groups excluding tert-OH is 1. The van der Waals surface area contributed by atoms with Crippen LogP contribution in [0.1, 0.15) is 18.9 Å². The fourth-order valence-electron chi connectivity index (χ4n) is 1.46. The lowest BCUT2D eigenvalue weighted by molar-refractivity contribution is 0.343. The summed E-state index contributed by atoms with van der Waals surface area (Å²) in [5.41, 5.74) is 2.18. The maximum absolute atomic E-state index is 8.88. The molecule has 2 nitrogen and oxygen atoms in total. The van der Waals surface area contributed by atoms with Gasteiger partial charge < -0.3 is 9.84 Å². The zero-order chi connectivity index (χ0) is 10.4. The third-order valence-corrected chi connectivity index (χ3v) is 2.17. The quantitative estimate of drug-likeness (QED) is 0.794. The lowest BCUT2D eigenvalue weighted by atomic mass is 10.0. The van der Waals surface area contributed by atoms with Crippen LogP contribution in [0.25, 0.3) is 5.57 Å². The first-order chi connectivity index (χ1) is 6.83. The number of rotatable bonds is 4. The van der Waals surface area contributed by atoms with E-state index in [2.05, 4.69) is 6.92 Å². The standard InChI is InChI=1S/C12H16O2/c1-3-10(8-9-13)11-6-4-5-7-12(11)14-2/h4-8,13H,3,9H2,1-2H3/b10-8-. The van der Waals surface area contributed by atoms with E-state index in [1.807, 2.05) is 30.3 Å². The second kappa shape index (κ2) is 5.45. The van der Waals surface area contributed by atoms with Crippen LogP contribution in [0.2, 0.25) is 0 Å². The fraction of sp³-hybridized carbons (Fsp3) is 0.333. The van der Waals surface area contributed by atoms with E-state index in [1.165, 1.54) is 0 Å². The van der Waals surface area contributed by atoms with Gasteiger partial charge in [-0.1, -0.05) is 31.2 Å². The minimum Gasteiger partial charge on any atom is -0.496 e. The van der Waals surface area contributed by atoms with E-state index in [0.717, 1.165) is 23.3 Å². The van der Waals surface area contributed by atoms with E-state index in [-0.39, 0.29) is 6.61 Å². The largest absolute Gasteiger partial charge is 0.496 e. The van der Waals surface area contributed by atoms with Gasteiger partial charge in [-0.25, -0.2) is 0 Å². The third-order valence-electron chi connectivity index (χ3n) is 2.17. The average Bonchev–Trinajstić information content (AvgIpc) is 2.26. The summed E-state index contributed by atoms with van der Waals surface area (Å²) in [6.45, 7) is 2.13. The molecule has 0 fully saturated rings. The van der Waals surface area contributed by atoms with Crippen LogP contribution >= 0.6 is 0 Å². The number of hydrogen-bond acceptors (Lipinski definition) is 2.